The molecular weight excluding hydrogens is 525 g/mol. The van der Waals surface area contributed by atoms with Crippen molar-refractivity contribution in [3.05, 3.63) is 134 Å². The Morgan fingerprint density at radius 3 is 2.45 bits per heavy atom. The van der Waals surface area contributed by atoms with Crippen LogP contribution in [0.2, 0.25) is 0 Å². The van der Waals surface area contributed by atoms with Crippen LogP contribution in [0, 0.1) is 10.1 Å². The molecule has 1 aromatic heterocycles. The van der Waals surface area contributed by atoms with Crippen molar-refractivity contribution in [3.63, 3.8) is 0 Å². The van der Waals surface area contributed by atoms with Gasteiger partial charge in [-0.25, -0.2) is 4.98 Å². The van der Waals surface area contributed by atoms with E-state index in [1.807, 2.05) is 0 Å². The zero-order valence-electron chi connectivity index (χ0n) is 20.6. The van der Waals surface area contributed by atoms with Crippen molar-refractivity contribution in [2.24, 2.45) is 5.10 Å². The number of nitro groups is 1. The highest BCUT2D eigenvalue weighted by Gasteiger charge is 2.31. The van der Waals surface area contributed by atoms with Crippen molar-refractivity contribution in [1.29, 1.82) is 0 Å². The zero-order chi connectivity index (χ0) is 28.3. The lowest BCUT2D eigenvalue weighted by molar-refractivity contribution is -0.384. The van der Waals surface area contributed by atoms with Gasteiger partial charge >= 0.3 is 6.18 Å². The topological polar surface area (TPSA) is 99.6 Å². The molecule has 11 heteroatoms. The first-order valence-corrected chi connectivity index (χ1v) is 11.9. The number of non-ortho nitro benzene ring substituents is 1. The zero-order valence-corrected chi connectivity index (χ0v) is 20.6. The van der Waals surface area contributed by atoms with Gasteiger partial charge in [-0.15, -0.1) is 0 Å². The average Bonchev–Trinajstić information content (AvgIpc) is 2.96. The average molecular weight is 544 g/mol. The number of para-hydroxylation sites is 1. The number of rotatable bonds is 7. The summed E-state index contributed by atoms with van der Waals surface area (Å²) in [6, 6.07) is 23.9. The highest BCUT2D eigenvalue weighted by Crippen LogP contribution is 2.32. The molecule has 0 aliphatic rings. The summed E-state index contributed by atoms with van der Waals surface area (Å²) in [6.07, 6.45) is -3.18. The van der Waals surface area contributed by atoms with Crippen LogP contribution in [0.3, 0.4) is 0 Å². The van der Waals surface area contributed by atoms with E-state index in [2.05, 4.69) is 10.1 Å². The van der Waals surface area contributed by atoms with Gasteiger partial charge in [-0.3, -0.25) is 14.9 Å². The van der Waals surface area contributed by atoms with Crippen LogP contribution in [0.5, 0.6) is 5.75 Å². The van der Waals surface area contributed by atoms with Crippen LogP contribution < -0.4 is 10.3 Å². The number of hydrogen-bond donors (Lipinski definition) is 0. The lowest BCUT2D eigenvalue weighted by Crippen LogP contribution is -2.20. The van der Waals surface area contributed by atoms with Gasteiger partial charge in [0.05, 0.1) is 27.6 Å². The van der Waals surface area contributed by atoms with Crippen molar-refractivity contribution in [1.82, 2.24) is 9.66 Å². The SMILES string of the molecule is O=c1c2ccccc2nc(-c2cccc(C(F)(F)F)c2)n1N=Cc1ccc(OCc2cccc([N+](=O)[O-])c2)cc1. The van der Waals surface area contributed by atoms with Crippen molar-refractivity contribution >= 4 is 22.8 Å². The van der Waals surface area contributed by atoms with Crippen molar-refractivity contribution in [2.75, 3.05) is 0 Å². The van der Waals surface area contributed by atoms with E-state index in [0.717, 1.165) is 16.8 Å². The predicted molar refractivity (Wildman–Crippen MR) is 143 cm³/mol. The molecule has 0 unspecified atom stereocenters. The second-order valence-electron chi connectivity index (χ2n) is 8.68. The molecular formula is C29H19F3N4O4. The number of nitro benzene ring substituents is 1. The Morgan fingerprint density at radius 1 is 0.950 bits per heavy atom. The Hall–Kier alpha value is -5.32. The minimum absolute atomic E-state index is 0.0319. The molecule has 40 heavy (non-hydrogen) atoms. The van der Waals surface area contributed by atoms with Gasteiger partial charge < -0.3 is 4.74 Å². The molecule has 5 rings (SSSR count). The molecule has 0 aliphatic carbocycles. The fraction of sp³-hybridized carbons (Fsp3) is 0.0690. The van der Waals surface area contributed by atoms with E-state index in [1.165, 1.54) is 30.5 Å². The van der Waals surface area contributed by atoms with Crippen LogP contribution in [0.25, 0.3) is 22.3 Å². The van der Waals surface area contributed by atoms with Crippen LogP contribution in [0.4, 0.5) is 18.9 Å². The van der Waals surface area contributed by atoms with Crippen molar-refractivity contribution in [3.8, 4) is 17.1 Å². The van der Waals surface area contributed by atoms with Gasteiger partial charge in [0.1, 0.15) is 12.4 Å². The van der Waals surface area contributed by atoms with Crippen LogP contribution in [-0.2, 0) is 12.8 Å². The first-order valence-electron chi connectivity index (χ1n) is 11.9. The Labute approximate surface area is 224 Å². The summed E-state index contributed by atoms with van der Waals surface area (Å²) < 4.78 is 46.8. The number of halogens is 3. The van der Waals surface area contributed by atoms with Crippen molar-refractivity contribution in [2.45, 2.75) is 12.8 Å². The van der Waals surface area contributed by atoms with E-state index in [9.17, 15) is 28.1 Å². The first kappa shape index (κ1) is 26.3. The standard InChI is InChI=1S/C29H19F3N4O4/c30-29(31,32)22-7-4-6-21(16-22)27-34-26-10-2-1-9-25(26)28(37)35(27)33-17-19-11-13-24(14-12-19)40-18-20-5-3-8-23(15-20)36(38)39/h1-17H,18H2. The monoisotopic (exact) mass is 544 g/mol. The molecule has 0 amide bonds. The van der Waals surface area contributed by atoms with Crippen LogP contribution in [0.15, 0.2) is 107 Å². The molecule has 200 valence electrons. The Kier molecular flexibility index (Phi) is 7.11. The molecule has 4 aromatic carbocycles. The second kappa shape index (κ2) is 10.8. The summed E-state index contributed by atoms with van der Waals surface area (Å²) >= 11 is 0. The van der Waals surface area contributed by atoms with Crippen LogP contribution in [0.1, 0.15) is 16.7 Å². The van der Waals surface area contributed by atoms with E-state index in [-0.39, 0.29) is 29.1 Å². The maximum atomic E-state index is 13.4. The summed E-state index contributed by atoms with van der Waals surface area (Å²) in [5, 5.41) is 15.5. The lowest BCUT2D eigenvalue weighted by Gasteiger charge is -2.12. The van der Waals surface area contributed by atoms with Gasteiger partial charge in [-0.2, -0.15) is 22.9 Å². The van der Waals surface area contributed by atoms with Gasteiger partial charge in [0.15, 0.2) is 5.82 Å². The van der Waals surface area contributed by atoms with Crippen molar-refractivity contribution < 1.29 is 22.8 Å². The fourth-order valence-corrected chi connectivity index (χ4v) is 3.95. The highest BCUT2D eigenvalue weighted by molar-refractivity contribution is 5.82. The highest BCUT2D eigenvalue weighted by atomic mass is 19.4. The predicted octanol–water partition coefficient (Wildman–Crippen LogP) is 6.45. The van der Waals surface area contributed by atoms with E-state index >= 15 is 0 Å². The molecule has 0 bridgehead atoms. The van der Waals surface area contributed by atoms with Gasteiger partial charge in [-0.05, 0) is 59.7 Å². The molecule has 0 fully saturated rings. The quantitative estimate of drug-likeness (QED) is 0.133. The lowest BCUT2D eigenvalue weighted by atomic mass is 10.1. The molecule has 5 aromatic rings. The molecule has 0 spiro atoms. The molecule has 0 saturated heterocycles. The maximum Gasteiger partial charge on any atom is 0.416 e. The van der Waals surface area contributed by atoms with Gasteiger partial charge in [0.25, 0.3) is 11.2 Å². The molecule has 0 atom stereocenters. The largest absolute Gasteiger partial charge is 0.489 e. The van der Waals surface area contributed by atoms with Gasteiger partial charge in [0, 0.05) is 17.7 Å². The molecule has 0 aliphatic heterocycles. The van der Waals surface area contributed by atoms with E-state index in [4.69, 9.17) is 4.74 Å². The fourth-order valence-electron chi connectivity index (χ4n) is 3.95. The summed E-state index contributed by atoms with van der Waals surface area (Å²) in [5.41, 5.74) is 0.185. The van der Waals surface area contributed by atoms with E-state index in [1.54, 1.807) is 60.7 Å². The smallest absolute Gasteiger partial charge is 0.416 e. The van der Waals surface area contributed by atoms with Gasteiger partial charge in [0.2, 0.25) is 0 Å². The van der Waals surface area contributed by atoms with Crippen LogP contribution >= 0.6 is 0 Å². The minimum atomic E-state index is -4.57. The number of alkyl halides is 3. The molecule has 0 radical (unpaired) electrons. The second-order valence-corrected chi connectivity index (χ2v) is 8.68. The summed E-state index contributed by atoms with van der Waals surface area (Å²) in [5.74, 6) is 0.459. The van der Waals surface area contributed by atoms with E-state index in [0.29, 0.717) is 22.4 Å². The normalized spacial score (nSPS) is 11.7. The molecule has 1 heterocycles. The number of ether oxygens (including phenoxy) is 1. The molecule has 8 nitrogen and oxygen atoms in total. The minimum Gasteiger partial charge on any atom is -0.489 e. The number of aromatic nitrogens is 2. The Morgan fingerprint density at radius 2 is 1.70 bits per heavy atom. The van der Waals surface area contributed by atoms with Crippen LogP contribution in [-0.4, -0.2) is 20.8 Å². The Balaban J connectivity index is 1.44. The number of benzene rings is 4. The molecule has 0 N–H and O–H groups in total. The Bertz CT molecular complexity index is 1800. The summed E-state index contributed by atoms with van der Waals surface area (Å²) in [7, 11) is 0. The maximum absolute atomic E-state index is 13.4. The van der Waals surface area contributed by atoms with E-state index < -0.39 is 22.2 Å². The number of fused-ring (bicyclic) bond motifs is 1. The third-order valence-corrected chi connectivity index (χ3v) is 5.93. The number of nitrogens with zero attached hydrogens (tertiary/aromatic N) is 4. The summed E-state index contributed by atoms with van der Waals surface area (Å²) in [6.45, 7) is 0.119. The van der Waals surface area contributed by atoms with Gasteiger partial charge in [-0.1, -0.05) is 36.4 Å². The molecule has 0 saturated carbocycles. The third kappa shape index (κ3) is 5.73. The number of hydrogen-bond acceptors (Lipinski definition) is 6. The summed E-state index contributed by atoms with van der Waals surface area (Å²) in [4.78, 5) is 28.2. The first-order chi connectivity index (χ1) is 19.2. The third-order valence-electron chi connectivity index (χ3n) is 5.93.